The summed E-state index contributed by atoms with van der Waals surface area (Å²) in [5.41, 5.74) is 1.02. The van der Waals surface area contributed by atoms with Gasteiger partial charge in [0.1, 0.15) is 19.3 Å². The summed E-state index contributed by atoms with van der Waals surface area (Å²) in [6.45, 7) is 1.13. The quantitative estimate of drug-likeness (QED) is 0.840. The molecule has 96 valence electrons. The highest BCUT2D eigenvalue weighted by Gasteiger charge is 2.30. The first kappa shape index (κ1) is 11.7. The number of thioether (sulfide) groups is 1. The summed E-state index contributed by atoms with van der Waals surface area (Å²) < 4.78 is 11.0. The molecule has 2 N–H and O–H groups in total. The van der Waals surface area contributed by atoms with Crippen molar-refractivity contribution in [2.75, 3.05) is 19.0 Å². The second-order valence-corrected chi connectivity index (χ2v) is 5.31. The molecule has 0 amide bonds. The summed E-state index contributed by atoms with van der Waals surface area (Å²) in [6.07, 6.45) is 0. The van der Waals surface area contributed by atoms with Gasteiger partial charge in [-0.15, -0.1) is 11.8 Å². The third kappa shape index (κ3) is 2.13. The Morgan fingerprint density at radius 3 is 2.83 bits per heavy atom. The molecule has 0 spiro atoms. The van der Waals surface area contributed by atoms with Crippen LogP contribution < -0.4 is 14.8 Å². The molecule has 0 bridgehead atoms. The Morgan fingerprint density at radius 2 is 2.11 bits per heavy atom. The van der Waals surface area contributed by atoms with Crippen molar-refractivity contribution >= 4 is 17.7 Å². The molecule has 3 rings (SSSR count). The van der Waals surface area contributed by atoms with Crippen LogP contribution in [-0.2, 0) is 4.79 Å². The van der Waals surface area contributed by atoms with E-state index in [0.29, 0.717) is 19.0 Å². The lowest BCUT2D eigenvalue weighted by molar-refractivity contribution is -0.138. The Morgan fingerprint density at radius 1 is 1.33 bits per heavy atom. The minimum atomic E-state index is -0.803. The largest absolute Gasteiger partial charge is 0.486 e. The van der Waals surface area contributed by atoms with Crippen molar-refractivity contribution in [1.82, 2.24) is 5.32 Å². The molecule has 18 heavy (non-hydrogen) atoms. The van der Waals surface area contributed by atoms with Crippen LogP contribution in [0.25, 0.3) is 0 Å². The monoisotopic (exact) mass is 267 g/mol. The molecule has 1 aromatic rings. The van der Waals surface area contributed by atoms with Crippen molar-refractivity contribution in [3.63, 3.8) is 0 Å². The number of ether oxygens (including phenoxy) is 2. The van der Waals surface area contributed by atoms with Crippen LogP contribution in [0.5, 0.6) is 11.5 Å². The number of benzene rings is 1. The number of fused-ring (bicyclic) bond motifs is 1. The molecule has 0 aromatic heterocycles. The third-order valence-corrected chi connectivity index (χ3v) is 4.22. The highest BCUT2D eigenvalue weighted by Crippen LogP contribution is 2.38. The molecule has 1 fully saturated rings. The molecule has 1 aromatic carbocycles. The van der Waals surface area contributed by atoms with Gasteiger partial charge in [0.2, 0.25) is 0 Å². The van der Waals surface area contributed by atoms with Crippen LogP contribution in [0.15, 0.2) is 18.2 Å². The van der Waals surface area contributed by atoms with E-state index in [4.69, 9.17) is 14.6 Å². The molecule has 1 saturated heterocycles. The van der Waals surface area contributed by atoms with Gasteiger partial charge in [-0.1, -0.05) is 6.07 Å². The Bertz CT molecular complexity index is 479. The van der Waals surface area contributed by atoms with Gasteiger partial charge in [0, 0.05) is 5.75 Å². The predicted molar refractivity (Wildman–Crippen MR) is 67.2 cm³/mol. The van der Waals surface area contributed by atoms with Gasteiger partial charge >= 0.3 is 5.97 Å². The maximum Gasteiger partial charge on any atom is 0.321 e. The smallest absolute Gasteiger partial charge is 0.321 e. The Labute approximate surface area is 108 Å². The first-order valence-corrected chi connectivity index (χ1v) is 6.79. The van der Waals surface area contributed by atoms with Crippen molar-refractivity contribution < 1.29 is 19.4 Å². The first-order chi connectivity index (χ1) is 8.74. The Hall–Kier alpha value is -1.40. The normalized spacial score (nSPS) is 26.0. The van der Waals surface area contributed by atoms with Crippen LogP contribution in [0.3, 0.4) is 0 Å². The summed E-state index contributed by atoms with van der Waals surface area (Å²) in [5.74, 6) is 1.26. The van der Waals surface area contributed by atoms with E-state index in [1.54, 1.807) is 11.8 Å². The number of nitrogens with one attached hydrogen (secondary N) is 1. The van der Waals surface area contributed by atoms with Crippen molar-refractivity contribution in [1.29, 1.82) is 0 Å². The number of hydrogen-bond donors (Lipinski definition) is 2. The first-order valence-electron chi connectivity index (χ1n) is 5.74. The molecule has 2 aliphatic rings. The molecule has 6 heteroatoms. The zero-order chi connectivity index (χ0) is 12.5. The van der Waals surface area contributed by atoms with E-state index in [1.807, 2.05) is 18.2 Å². The second kappa shape index (κ2) is 4.70. The minimum absolute atomic E-state index is 0.00178. The number of aliphatic carboxylic acids is 1. The lowest BCUT2D eigenvalue weighted by Gasteiger charge is -2.20. The summed E-state index contributed by atoms with van der Waals surface area (Å²) in [6, 6.07) is 5.26. The lowest BCUT2D eigenvalue weighted by atomic mass is 10.2. The molecule has 0 saturated carbocycles. The number of rotatable bonds is 2. The molecule has 5 nitrogen and oxygen atoms in total. The van der Waals surface area contributed by atoms with E-state index < -0.39 is 12.0 Å². The average molecular weight is 267 g/mol. The van der Waals surface area contributed by atoms with Crippen LogP contribution in [0, 0.1) is 0 Å². The van der Waals surface area contributed by atoms with Crippen LogP contribution in [0.2, 0.25) is 0 Å². The molecular formula is C12H13NO4S. The summed E-state index contributed by atoms with van der Waals surface area (Å²) >= 11 is 1.59. The SMILES string of the molecule is O=C(O)[C@@H]1CSC(c2ccc3c(c2)OCCO3)N1. The highest BCUT2D eigenvalue weighted by molar-refractivity contribution is 7.99. The van der Waals surface area contributed by atoms with Crippen molar-refractivity contribution in [2.45, 2.75) is 11.4 Å². The number of carboxylic acids is 1. The predicted octanol–water partition coefficient (Wildman–Crippen LogP) is 1.25. The van der Waals surface area contributed by atoms with E-state index in [-0.39, 0.29) is 5.37 Å². The van der Waals surface area contributed by atoms with E-state index in [1.165, 1.54) is 0 Å². The second-order valence-electron chi connectivity index (χ2n) is 4.17. The molecule has 2 heterocycles. The van der Waals surface area contributed by atoms with E-state index >= 15 is 0 Å². The van der Waals surface area contributed by atoms with Crippen molar-refractivity contribution in [3.8, 4) is 11.5 Å². The molecule has 0 aliphatic carbocycles. The Kier molecular flexibility index (Phi) is 3.05. The standard InChI is InChI=1S/C12H13NO4S/c14-12(15)8-6-18-11(13-8)7-1-2-9-10(5-7)17-4-3-16-9/h1-2,5,8,11,13H,3-4,6H2,(H,14,15)/t8-,11?/m0/s1. The number of carboxylic acid groups (broad SMARTS) is 1. The van der Waals surface area contributed by atoms with Gasteiger partial charge in [0.15, 0.2) is 11.5 Å². The number of hydrogen-bond acceptors (Lipinski definition) is 5. The van der Waals surface area contributed by atoms with E-state index in [9.17, 15) is 4.79 Å². The maximum absolute atomic E-state index is 10.9. The molecule has 2 atom stereocenters. The lowest BCUT2D eigenvalue weighted by Crippen LogP contribution is -2.33. The van der Waals surface area contributed by atoms with Crippen LogP contribution in [-0.4, -0.2) is 36.1 Å². The molecule has 1 unspecified atom stereocenters. The fraction of sp³-hybridized carbons (Fsp3) is 0.417. The van der Waals surface area contributed by atoms with Crippen molar-refractivity contribution in [2.24, 2.45) is 0 Å². The van der Waals surface area contributed by atoms with Gasteiger partial charge in [0.25, 0.3) is 0 Å². The molecule has 0 radical (unpaired) electrons. The van der Waals surface area contributed by atoms with E-state index in [2.05, 4.69) is 5.32 Å². The minimum Gasteiger partial charge on any atom is -0.486 e. The fourth-order valence-electron chi connectivity index (χ4n) is 2.03. The summed E-state index contributed by atoms with van der Waals surface area (Å²) in [7, 11) is 0. The van der Waals surface area contributed by atoms with Crippen LogP contribution >= 0.6 is 11.8 Å². The zero-order valence-electron chi connectivity index (χ0n) is 9.59. The van der Waals surface area contributed by atoms with Gasteiger partial charge in [-0.25, -0.2) is 0 Å². The molecular weight excluding hydrogens is 254 g/mol. The van der Waals surface area contributed by atoms with Gasteiger partial charge in [-0.05, 0) is 17.7 Å². The van der Waals surface area contributed by atoms with Gasteiger partial charge in [-0.3, -0.25) is 10.1 Å². The van der Waals surface area contributed by atoms with Gasteiger partial charge in [-0.2, -0.15) is 0 Å². The average Bonchev–Trinajstić information content (AvgIpc) is 2.88. The van der Waals surface area contributed by atoms with Gasteiger partial charge < -0.3 is 14.6 Å². The zero-order valence-corrected chi connectivity index (χ0v) is 10.4. The fourth-order valence-corrected chi connectivity index (χ4v) is 3.25. The Balaban J connectivity index is 1.79. The third-order valence-electron chi connectivity index (χ3n) is 2.95. The highest BCUT2D eigenvalue weighted by atomic mass is 32.2. The van der Waals surface area contributed by atoms with Crippen LogP contribution in [0.4, 0.5) is 0 Å². The van der Waals surface area contributed by atoms with Gasteiger partial charge in [0.05, 0.1) is 5.37 Å². The van der Waals surface area contributed by atoms with Crippen LogP contribution in [0.1, 0.15) is 10.9 Å². The topological polar surface area (TPSA) is 67.8 Å². The summed E-state index contributed by atoms with van der Waals surface area (Å²) in [5, 5.41) is 12.0. The van der Waals surface area contributed by atoms with E-state index in [0.717, 1.165) is 17.1 Å². The maximum atomic E-state index is 10.9. The molecule has 2 aliphatic heterocycles. The number of carbonyl (C=O) groups is 1. The summed E-state index contributed by atoms with van der Waals surface area (Å²) in [4.78, 5) is 10.9. The van der Waals surface area contributed by atoms with Crippen molar-refractivity contribution in [3.05, 3.63) is 23.8 Å².